The summed E-state index contributed by atoms with van der Waals surface area (Å²) < 4.78 is 42.9. The number of ketones is 1. The number of allylic oxidation sites excluding steroid dienone is 2. The topological polar surface area (TPSA) is 26.3 Å². The summed E-state index contributed by atoms with van der Waals surface area (Å²) in [4.78, 5) is 10.2. The van der Waals surface area contributed by atoms with Gasteiger partial charge in [-0.2, -0.15) is 13.2 Å². The van der Waals surface area contributed by atoms with Gasteiger partial charge in [0.1, 0.15) is 0 Å². The first kappa shape index (κ1) is 21.1. The van der Waals surface area contributed by atoms with E-state index in [0.29, 0.717) is 6.42 Å². The van der Waals surface area contributed by atoms with Gasteiger partial charge in [0.25, 0.3) is 0 Å². The third-order valence-corrected chi connectivity index (χ3v) is 4.03. The lowest BCUT2D eigenvalue weighted by Gasteiger charge is -2.28. The van der Waals surface area contributed by atoms with Gasteiger partial charge in [-0.15, -0.1) is 6.58 Å². The van der Waals surface area contributed by atoms with E-state index in [1.54, 1.807) is 12.2 Å². The van der Waals surface area contributed by atoms with Crippen LogP contribution in [0.1, 0.15) is 32.6 Å². The Morgan fingerprint density at radius 1 is 1.41 bits per heavy atom. The van der Waals surface area contributed by atoms with Crippen molar-refractivity contribution in [2.75, 3.05) is 0 Å². The number of rotatable bonds is 6. The molecule has 1 aliphatic carbocycles. The zero-order chi connectivity index (χ0) is 17.4. The minimum atomic E-state index is -4.14. The molecule has 0 N–H and O–H groups in total. The van der Waals surface area contributed by atoms with Crippen molar-refractivity contribution in [1.29, 1.82) is 0 Å². The van der Waals surface area contributed by atoms with Crippen LogP contribution >= 0.6 is 0 Å². The molecule has 22 heavy (non-hydrogen) atoms. The van der Waals surface area contributed by atoms with Gasteiger partial charge in [-0.25, -0.2) is 0 Å². The maximum Gasteiger partial charge on any atom is 0.391 e. The van der Waals surface area contributed by atoms with E-state index in [9.17, 15) is 18.0 Å². The van der Waals surface area contributed by atoms with Crippen LogP contribution in [0.15, 0.2) is 24.8 Å². The van der Waals surface area contributed by atoms with Gasteiger partial charge in [-0.05, 0) is 45.0 Å². The Morgan fingerprint density at radius 3 is 2.27 bits per heavy atom. The molecule has 0 aromatic rings. The van der Waals surface area contributed by atoms with Crippen LogP contribution in [0.4, 0.5) is 13.2 Å². The zero-order valence-electron chi connectivity index (χ0n) is 13.9. The average molecular weight is 336 g/mol. The lowest BCUT2D eigenvalue weighted by molar-refractivity contribution is -0.175. The van der Waals surface area contributed by atoms with Crippen molar-refractivity contribution >= 4 is 14.1 Å². The number of hydrogen-bond donors (Lipinski definition) is 0. The number of hydrogen-bond acceptors (Lipinski definition) is 2. The zero-order valence-corrected chi connectivity index (χ0v) is 14.9. The van der Waals surface area contributed by atoms with Gasteiger partial charge in [0.05, 0.1) is 5.92 Å². The largest absolute Gasteiger partial charge is 0.414 e. The Hall–Kier alpha value is -0.883. The minimum absolute atomic E-state index is 0.0137. The van der Waals surface area contributed by atoms with Crippen LogP contribution in [0.25, 0.3) is 0 Å². The first-order valence-corrected chi connectivity index (χ1v) is 10.9. The van der Waals surface area contributed by atoms with E-state index in [0.717, 1.165) is 12.8 Å². The van der Waals surface area contributed by atoms with Gasteiger partial charge in [0.15, 0.2) is 14.1 Å². The Labute approximate surface area is 132 Å². The SMILES string of the molecule is C=CCC(CC(C)C(F)(F)F)O[Si](C)(C)C.O=C1C=CCC1. The van der Waals surface area contributed by atoms with Crippen molar-refractivity contribution in [3.05, 3.63) is 24.8 Å². The summed E-state index contributed by atoms with van der Waals surface area (Å²) in [7, 11) is -1.80. The first-order chi connectivity index (χ1) is 9.95. The van der Waals surface area contributed by atoms with Crippen molar-refractivity contribution in [2.24, 2.45) is 5.92 Å². The van der Waals surface area contributed by atoms with Crippen molar-refractivity contribution in [3.8, 4) is 0 Å². The molecule has 0 bridgehead atoms. The van der Waals surface area contributed by atoms with Crippen molar-refractivity contribution < 1.29 is 22.4 Å². The van der Waals surface area contributed by atoms with Crippen LogP contribution in [0, 0.1) is 5.92 Å². The van der Waals surface area contributed by atoms with Crippen molar-refractivity contribution in [1.82, 2.24) is 0 Å². The molecular weight excluding hydrogens is 309 g/mol. The van der Waals surface area contributed by atoms with Gasteiger partial charge in [-0.1, -0.05) is 19.1 Å². The van der Waals surface area contributed by atoms with Crippen LogP contribution in [0.5, 0.6) is 0 Å². The molecule has 0 aliphatic heterocycles. The smallest absolute Gasteiger partial charge is 0.391 e. The summed E-state index contributed by atoms with van der Waals surface area (Å²) in [6.45, 7) is 10.7. The maximum absolute atomic E-state index is 12.4. The molecule has 0 heterocycles. The number of carbonyl (C=O) groups excluding carboxylic acids is 1. The molecule has 0 spiro atoms. The second-order valence-electron chi connectivity index (χ2n) is 6.46. The second-order valence-corrected chi connectivity index (χ2v) is 10.9. The molecule has 0 radical (unpaired) electrons. The lowest BCUT2D eigenvalue weighted by atomic mass is 10.0. The predicted octanol–water partition coefficient (Wildman–Crippen LogP) is 5.28. The normalized spacial score (nSPS) is 17.7. The average Bonchev–Trinajstić information content (AvgIpc) is 2.78. The van der Waals surface area contributed by atoms with Crippen molar-refractivity contribution in [2.45, 2.75) is 64.5 Å². The summed E-state index contributed by atoms with van der Waals surface area (Å²) >= 11 is 0. The van der Waals surface area contributed by atoms with Gasteiger partial charge >= 0.3 is 6.18 Å². The third-order valence-electron chi connectivity index (χ3n) is 2.99. The van der Waals surface area contributed by atoms with Crippen LogP contribution in [0.2, 0.25) is 19.6 Å². The van der Waals surface area contributed by atoms with E-state index >= 15 is 0 Å². The Morgan fingerprint density at radius 2 is 2.00 bits per heavy atom. The lowest BCUT2D eigenvalue weighted by Crippen LogP contribution is -2.34. The summed E-state index contributed by atoms with van der Waals surface area (Å²) in [5, 5.41) is 0. The Balaban J connectivity index is 0.000000604. The molecule has 1 aliphatic rings. The highest BCUT2D eigenvalue weighted by molar-refractivity contribution is 6.69. The molecule has 0 fully saturated rings. The third kappa shape index (κ3) is 10.8. The molecule has 0 saturated carbocycles. The van der Waals surface area contributed by atoms with E-state index in [2.05, 4.69) is 6.58 Å². The summed E-state index contributed by atoms with van der Waals surface area (Å²) in [5.41, 5.74) is 0. The molecule has 2 atom stereocenters. The fraction of sp³-hybridized carbons (Fsp3) is 0.688. The Kier molecular flexibility index (Phi) is 8.93. The molecule has 0 aromatic heterocycles. The molecular formula is C16H27F3O2Si. The highest BCUT2D eigenvalue weighted by atomic mass is 28.4. The summed E-state index contributed by atoms with van der Waals surface area (Å²) in [6, 6.07) is 0. The number of halogens is 3. The second kappa shape index (κ2) is 9.30. The standard InChI is InChI=1S/C11H21F3OSi.C5H6O/c1-6-7-10(15-16(3,4)5)8-9(2)11(12,13)14;6-5-3-1-2-4-5/h6,9-10H,1,7-8H2,2-5H3;1,3H,2,4H2. The van der Waals surface area contributed by atoms with Gasteiger partial charge in [-0.3, -0.25) is 4.79 Å². The molecule has 0 amide bonds. The molecule has 0 aromatic carbocycles. The van der Waals surface area contributed by atoms with Crippen molar-refractivity contribution in [3.63, 3.8) is 0 Å². The van der Waals surface area contributed by atoms with Crippen LogP contribution < -0.4 is 0 Å². The van der Waals surface area contributed by atoms with E-state index in [1.807, 2.05) is 25.7 Å². The predicted molar refractivity (Wildman–Crippen MR) is 86.3 cm³/mol. The van der Waals surface area contributed by atoms with Crippen LogP contribution in [-0.4, -0.2) is 26.4 Å². The van der Waals surface area contributed by atoms with E-state index < -0.39 is 20.4 Å². The van der Waals surface area contributed by atoms with Gasteiger partial charge in [0.2, 0.25) is 0 Å². The Bertz CT molecular complexity index is 384. The van der Waals surface area contributed by atoms with E-state index in [-0.39, 0.29) is 18.3 Å². The fourth-order valence-electron chi connectivity index (χ4n) is 1.93. The summed E-state index contributed by atoms with van der Waals surface area (Å²) in [6.07, 6.45) is 2.85. The number of carbonyl (C=O) groups is 1. The van der Waals surface area contributed by atoms with Crippen LogP contribution in [0.3, 0.4) is 0 Å². The monoisotopic (exact) mass is 336 g/mol. The van der Waals surface area contributed by atoms with Gasteiger partial charge in [0, 0.05) is 12.5 Å². The van der Waals surface area contributed by atoms with Gasteiger partial charge < -0.3 is 4.43 Å². The molecule has 128 valence electrons. The maximum atomic E-state index is 12.4. The quantitative estimate of drug-likeness (QED) is 0.487. The highest BCUT2D eigenvalue weighted by Gasteiger charge is 2.37. The first-order valence-electron chi connectivity index (χ1n) is 7.50. The molecule has 2 unspecified atom stereocenters. The van der Waals surface area contributed by atoms with Crippen LogP contribution in [-0.2, 0) is 9.22 Å². The minimum Gasteiger partial charge on any atom is -0.414 e. The summed E-state index contributed by atoms with van der Waals surface area (Å²) in [5.74, 6) is -1.05. The fourth-order valence-corrected chi connectivity index (χ4v) is 3.12. The molecule has 6 heteroatoms. The molecule has 1 rings (SSSR count). The molecule has 2 nitrogen and oxygen atoms in total. The highest BCUT2D eigenvalue weighted by Crippen LogP contribution is 2.31. The molecule has 0 saturated heterocycles. The van der Waals surface area contributed by atoms with E-state index in [4.69, 9.17) is 4.43 Å². The number of alkyl halides is 3. The van der Waals surface area contributed by atoms with E-state index in [1.165, 1.54) is 6.92 Å².